The largest absolute Gasteiger partial charge is 0.322 e. The summed E-state index contributed by atoms with van der Waals surface area (Å²) in [5, 5.41) is 2.76. The van der Waals surface area contributed by atoms with Crippen molar-refractivity contribution < 1.29 is 9.18 Å². The van der Waals surface area contributed by atoms with E-state index in [4.69, 9.17) is 0 Å². The molecule has 0 unspecified atom stereocenters. The van der Waals surface area contributed by atoms with Crippen LogP contribution in [0.15, 0.2) is 46.9 Å². The summed E-state index contributed by atoms with van der Waals surface area (Å²) in [6.45, 7) is 4.22. The average molecular weight is 336 g/mol. The second-order valence-electron chi connectivity index (χ2n) is 4.86. The third-order valence-corrected chi connectivity index (χ3v) is 3.70. The van der Waals surface area contributed by atoms with Crippen molar-refractivity contribution in [3.63, 3.8) is 0 Å². The van der Waals surface area contributed by atoms with Crippen molar-refractivity contribution in [1.82, 2.24) is 0 Å². The first-order valence-corrected chi connectivity index (χ1v) is 7.13. The Morgan fingerprint density at radius 1 is 1.15 bits per heavy atom. The number of amides is 1. The number of nitrogens with one attached hydrogen (secondary N) is 1. The number of carbonyl (C=O) groups is 1. The minimum absolute atomic E-state index is 0.276. The van der Waals surface area contributed by atoms with Gasteiger partial charge in [-0.05, 0) is 57.7 Å². The van der Waals surface area contributed by atoms with Gasteiger partial charge in [0.1, 0.15) is 5.82 Å². The standard InChI is InChI=1S/C16H15BrFNO/c1-10(2)11-3-6-13(7-4-11)19-16(20)14-9-12(18)5-8-15(14)17/h3-10H,1-2H3,(H,19,20). The topological polar surface area (TPSA) is 29.1 Å². The molecular formula is C16H15BrFNO. The Labute approximate surface area is 126 Å². The highest BCUT2D eigenvalue weighted by atomic mass is 79.9. The van der Waals surface area contributed by atoms with Crippen LogP contribution in [0.3, 0.4) is 0 Å². The number of halogens is 2. The molecule has 2 aromatic rings. The number of carbonyl (C=O) groups excluding carboxylic acids is 1. The van der Waals surface area contributed by atoms with E-state index in [0.29, 0.717) is 16.1 Å². The lowest BCUT2D eigenvalue weighted by atomic mass is 10.0. The summed E-state index contributed by atoms with van der Waals surface area (Å²) in [5.41, 5.74) is 2.17. The molecule has 104 valence electrons. The molecule has 0 aliphatic rings. The molecule has 20 heavy (non-hydrogen) atoms. The molecule has 0 bridgehead atoms. The van der Waals surface area contributed by atoms with Gasteiger partial charge in [-0.1, -0.05) is 26.0 Å². The zero-order valence-corrected chi connectivity index (χ0v) is 12.9. The van der Waals surface area contributed by atoms with Crippen LogP contribution in [0.1, 0.15) is 35.7 Å². The van der Waals surface area contributed by atoms with E-state index < -0.39 is 5.82 Å². The van der Waals surface area contributed by atoms with E-state index in [1.54, 1.807) is 0 Å². The molecule has 2 aromatic carbocycles. The van der Waals surface area contributed by atoms with Gasteiger partial charge in [0.15, 0.2) is 0 Å². The van der Waals surface area contributed by atoms with Crippen LogP contribution >= 0.6 is 15.9 Å². The molecule has 0 atom stereocenters. The smallest absolute Gasteiger partial charge is 0.256 e. The second kappa shape index (κ2) is 6.18. The van der Waals surface area contributed by atoms with Crippen LogP contribution in [0.4, 0.5) is 10.1 Å². The third kappa shape index (κ3) is 3.45. The van der Waals surface area contributed by atoms with Gasteiger partial charge in [0, 0.05) is 10.2 Å². The molecule has 2 rings (SSSR count). The first-order valence-electron chi connectivity index (χ1n) is 6.33. The quantitative estimate of drug-likeness (QED) is 0.843. The van der Waals surface area contributed by atoms with E-state index in [1.807, 2.05) is 24.3 Å². The van der Waals surface area contributed by atoms with E-state index in [0.717, 1.165) is 0 Å². The molecule has 0 saturated carbocycles. The fraction of sp³-hybridized carbons (Fsp3) is 0.188. The van der Waals surface area contributed by atoms with Crippen LogP contribution in [0, 0.1) is 5.82 Å². The molecule has 0 aromatic heterocycles. The summed E-state index contributed by atoms with van der Waals surface area (Å²) < 4.78 is 13.8. The number of hydrogen-bond donors (Lipinski definition) is 1. The summed E-state index contributed by atoms with van der Waals surface area (Å²) in [7, 11) is 0. The summed E-state index contributed by atoms with van der Waals surface area (Å²) in [6.07, 6.45) is 0. The van der Waals surface area contributed by atoms with Crippen molar-refractivity contribution in [3.05, 3.63) is 63.9 Å². The molecule has 0 fully saturated rings. The minimum Gasteiger partial charge on any atom is -0.322 e. The van der Waals surface area contributed by atoms with E-state index >= 15 is 0 Å². The molecule has 0 heterocycles. The normalized spacial score (nSPS) is 10.7. The highest BCUT2D eigenvalue weighted by Crippen LogP contribution is 2.21. The minimum atomic E-state index is -0.437. The fourth-order valence-electron chi connectivity index (χ4n) is 1.82. The van der Waals surface area contributed by atoms with Gasteiger partial charge in [0.25, 0.3) is 5.91 Å². The third-order valence-electron chi connectivity index (χ3n) is 3.01. The summed E-state index contributed by atoms with van der Waals surface area (Å²) >= 11 is 3.25. The van der Waals surface area contributed by atoms with Crippen LogP contribution < -0.4 is 5.32 Å². The van der Waals surface area contributed by atoms with Gasteiger partial charge in [-0.15, -0.1) is 0 Å². The Morgan fingerprint density at radius 2 is 1.80 bits per heavy atom. The SMILES string of the molecule is CC(C)c1ccc(NC(=O)c2cc(F)ccc2Br)cc1. The molecule has 0 radical (unpaired) electrons. The monoisotopic (exact) mass is 335 g/mol. The van der Waals surface area contributed by atoms with Gasteiger partial charge in [0.05, 0.1) is 5.56 Å². The Hall–Kier alpha value is -1.68. The van der Waals surface area contributed by atoms with Crippen molar-refractivity contribution in [2.24, 2.45) is 0 Å². The number of hydrogen-bond acceptors (Lipinski definition) is 1. The first-order chi connectivity index (χ1) is 9.47. The van der Waals surface area contributed by atoms with Crippen LogP contribution in [0.25, 0.3) is 0 Å². The molecule has 0 aliphatic carbocycles. The molecule has 1 N–H and O–H groups in total. The molecule has 0 saturated heterocycles. The van der Waals surface area contributed by atoms with E-state index in [2.05, 4.69) is 35.1 Å². The van der Waals surface area contributed by atoms with Gasteiger partial charge < -0.3 is 5.32 Å². The zero-order chi connectivity index (χ0) is 14.7. The maximum absolute atomic E-state index is 13.2. The lowest BCUT2D eigenvalue weighted by Crippen LogP contribution is -2.12. The van der Waals surface area contributed by atoms with E-state index in [9.17, 15) is 9.18 Å². The Morgan fingerprint density at radius 3 is 2.40 bits per heavy atom. The van der Waals surface area contributed by atoms with Crippen molar-refractivity contribution in [2.75, 3.05) is 5.32 Å². The van der Waals surface area contributed by atoms with Crippen molar-refractivity contribution in [1.29, 1.82) is 0 Å². The summed E-state index contributed by atoms with van der Waals surface area (Å²) in [6, 6.07) is 11.7. The lowest BCUT2D eigenvalue weighted by molar-refractivity contribution is 0.102. The van der Waals surface area contributed by atoms with Gasteiger partial charge in [-0.25, -0.2) is 4.39 Å². The highest BCUT2D eigenvalue weighted by Gasteiger charge is 2.11. The van der Waals surface area contributed by atoms with Gasteiger partial charge in [-0.3, -0.25) is 4.79 Å². The van der Waals surface area contributed by atoms with Gasteiger partial charge >= 0.3 is 0 Å². The van der Waals surface area contributed by atoms with Crippen LogP contribution in [0.5, 0.6) is 0 Å². The average Bonchev–Trinajstić information content (AvgIpc) is 2.42. The summed E-state index contributed by atoms with van der Waals surface area (Å²) in [5.74, 6) is -0.334. The Kier molecular flexibility index (Phi) is 4.55. The maximum Gasteiger partial charge on any atom is 0.256 e. The highest BCUT2D eigenvalue weighted by molar-refractivity contribution is 9.10. The maximum atomic E-state index is 13.2. The molecule has 2 nitrogen and oxygen atoms in total. The molecular weight excluding hydrogens is 321 g/mol. The molecule has 0 spiro atoms. The van der Waals surface area contributed by atoms with Crippen molar-refractivity contribution in [2.45, 2.75) is 19.8 Å². The van der Waals surface area contributed by atoms with Crippen molar-refractivity contribution >= 4 is 27.5 Å². The molecule has 0 aliphatic heterocycles. The Bertz CT molecular complexity index is 623. The number of anilines is 1. The van der Waals surface area contributed by atoms with Gasteiger partial charge in [0.2, 0.25) is 0 Å². The predicted octanol–water partition coefficient (Wildman–Crippen LogP) is 4.96. The van der Waals surface area contributed by atoms with Crippen LogP contribution in [-0.4, -0.2) is 5.91 Å². The number of rotatable bonds is 3. The van der Waals surface area contributed by atoms with Crippen LogP contribution in [-0.2, 0) is 0 Å². The van der Waals surface area contributed by atoms with E-state index in [-0.39, 0.29) is 11.5 Å². The Balaban J connectivity index is 2.17. The number of benzene rings is 2. The molecule has 1 amide bonds. The zero-order valence-electron chi connectivity index (χ0n) is 11.3. The van der Waals surface area contributed by atoms with Crippen LogP contribution in [0.2, 0.25) is 0 Å². The second-order valence-corrected chi connectivity index (χ2v) is 5.71. The first kappa shape index (κ1) is 14.7. The lowest BCUT2D eigenvalue weighted by Gasteiger charge is -2.09. The fourth-order valence-corrected chi connectivity index (χ4v) is 2.25. The van der Waals surface area contributed by atoms with Gasteiger partial charge in [-0.2, -0.15) is 0 Å². The summed E-state index contributed by atoms with van der Waals surface area (Å²) in [4.78, 5) is 12.1. The van der Waals surface area contributed by atoms with Crippen molar-refractivity contribution in [3.8, 4) is 0 Å². The molecule has 4 heteroatoms. The van der Waals surface area contributed by atoms with E-state index in [1.165, 1.54) is 23.8 Å². The predicted molar refractivity (Wildman–Crippen MR) is 82.6 cm³/mol.